The molecule has 6 heteroatoms. The molecule has 0 aliphatic heterocycles. The molecule has 0 radical (unpaired) electrons. The van der Waals surface area contributed by atoms with Crippen LogP contribution in [-0.4, -0.2) is 21.2 Å². The Morgan fingerprint density at radius 2 is 1.71 bits per heavy atom. The van der Waals surface area contributed by atoms with Crippen LogP contribution in [0.1, 0.15) is 0 Å². The number of anilines is 2. The van der Waals surface area contributed by atoms with Crippen LogP contribution in [-0.2, 0) is 0 Å². The Bertz CT molecular complexity index is 852. The second-order valence-corrected chi connectivity index (χ2v) is 5.04. The number of para-hydroxylation sites is 1. The zero-order valence-electron chi connectivity index (χ0n) is 12.6. The molecule has 0 bridgehead atoms. The van der Waals surface area contributed by atoms with Crippen molar-refractivity contribution in [1.82, 2.24) is 4.98 Å². The van der Waals surface area contributed by atoms with Crippen molar-refractivity contribution < 1.29 is 15.0 Å². The highest BCUT2D eigenvalue weighted by molar-refractivity contribution is 6.02. The molecule has 6 nitrogen and oxygen atoms in total. The number of aromatic nitrogens is 1. The van der Waals surface area contributed by atoms with Crippen LogP contribution in [0.4, 0.5) is 16.2 Å². The quantitative estimate of drug-likeness (QED) is 0.552. The maximum absolute atomic E-state index is 12.1. The van der Waals surface area contributed by atoms with Gasteiger partial charge in [-0.05, 0) is 30.3 Å². The molecular formula is C18H15N3O3. The zero-order chi connectivity index (χ0) is 16.9. The van der Waals surface area contributed by atoms with E-state index < -0.39 is 6.03 Å². The van der Waals surface area contributed by atoms with Crippen molar-refractivity contribution in [2.24, 2.45) is 0 Å². The molecule has 3 rings (SSSR count). The van der Waals surface area contributed by atoms with Crippen molar-refractivity contribution >= 4 is 17.4 Å². The lowest BCUT2D eigenvalue weighted by Gasteiger charge is -2.13. The molecule has 0 aliphatic carbocycles. The van der Waals surface area contributed by atoms with Gasteiger partial charge in [-0.3, -0.25) is 4.98 Å². The SMILES string of the molecule is O=C(Nc1ccccc1)Nc1c(O)ccc(-c2cccnc2)c1O. The summed E-state index contributed by atoms with van der Waals surface area (Å²) in [5.74, 6) is -0.463. The molecule has 3 aromatic rings. The number of carbonyl (C=O) groups is 1. The lowest BCUT2D eigenvalue weighted by molar-refractivity contribution is 0.262. The number of amides is 2. The van der Waals surface area contributed by atoms with Gasteiger partial charge in [-0.15, -0.1) is 0 Å². The predicted molar refractivity (Wildman–Crippen MR) is 92.1 cm³/mol. The number of carbonyl (C=O) groups excluding carboxylic acids is 1. The first-order valence-electron chi connectivity index (χ1n) is 7.23. The van der Waals surface area contributed by atoms with Gasteiger partial charge in [0.2, 0.25) is 0 Å². The molecule has 24 heavy (non-hydrogen) atoms. The van der Waals surface area contributed by atoms with E-state index in [0.717, 1.165) is 0 Å². The summed E-state index contributed by atoms with van der Waals surface area (Å²) in [6.45, 7) is 0. The van der Waals surface area contributed by atoms with Crippen molar-refractivity contribution in [1.29, 1.82) is 0 Å². The van der Waals surface area contributed by atoms with Crippen molar-refractivity contribution in [2.75, 3.05) is 10.6 Å². The fourth-order valence-electron chi connectivity index (χ4n) is 2.26. The average molecular weight is 321 g/mol. The van der Waals surface area contributed by atoms with Gasteiger partial charge in [-0.2, -0.15) is 0 Å². The number of pyridine rings is 1. The Morgan fingerprint density at radius 3 is 2.42 bits per heavy atom. The second kappa shape index (κ2) is 6.70. The third-order valence-electron chi connectivity index (χ3n) is 3.40. The van der Waals surface area contributed by atoms with E-state index in [4.69, 9.17) is 0 Å². The summed E-state index contributed by atoms with van der Waals surface area (Å²) in [7, 11) is 0. The Kier molecular flexibility index (Phi) is 4.29. The fourth-order valence-corrected chi connectivity index (χ4v) is 2.26. The largest absolute Gasteiger partial charge is 0.506 e. The van der Waals surface area contributed by atoms with Gasteiger partial charge in [0.25, 0.3) is 0 Å². The molecule has 0 unspecified atom stereocenters. The van der Waals surface area contributed by atoms with Gasteiger partial charge >= 0.3 is 6.03 Å². The minimum Gasteiger partial charge on any atom is -0.506 e. The van der Waals surface area contributed by atoms with Gasteiger partial charge in [-0.1, -0.05) is 24.3 Å². The first kappa shape index (κ1) is 15.4. The number of benzene rings is 2. The van der Waals surface area contributed by atoms with Crippen molar-refractivity contribution in [2.45, 2.75) is 0 Å². The normalized spacial score (nSPS) is 10.2. The van der Waals surface area contributed by atoms with Gasteiger partial charge in [-0.25, -0.2) is 4.79 Å². The van der Waals surface area contributed by atoms with Crippen LogP contribution in [0.15, 0.2) is 67.0 Å². The average Bonchev–Trinajstić information content (AvgIpc) is 2.60. The van der Waals surface area contributed by atoms with Crippen molar-refractivity contribution in [3.63, 3.8) is 0 Å². The number of hydrogen-bond donors (Lipinski definition) is 4. The number of phenolic OH excluding ortho intramolecular Hbond substituents is 2. The monoisotopic (exact) mass is 321 g/mol. The van der Waals surface area contributed by atoms with Crippen molar-refractivity contribution in [3.8, 4) is 22.6 Å². The first-order valence-corrected chi connectivity index (χ1v) is 7.23. The number of nitrogens with zero attached hydrogens (tertiary/aromatic N) is 1. The molecule has 0 saturated carbocycles. The van der Waals surface area contributed by atoms with Crippen molar-refractivity contribution in [3.05, 3.63) is 67.0 Å². The number of rotatable bonds is 3. The topological polar surface area (TPSA) is 94.5 Å². The molecule has 1 heterocycles. The molecule has 120 valence electrons. The minimum absolute atomic E-state index is 0.0650. The van der Waals surface area contributed by atoms with E-state index in [-0.39, 0.29) is 17.2 Å². The molecule has 0 aliphatic rings. The third kappa shape index (κ3) is 3.27. The number of nitrogens with one attached hydrogen (secondary N) is 2. The van der Waals surface area contributed by atoms with E-state index in [1.54, 1.807) is 54.9 Å². The predicted octanol–water partition coefficient (Wildman–Crippen LogP) is 3.80. The standard InChI is InChI=1S/C18H15N3O3/c22-15-9-8-14(12-5-4-10-19-11-12)17(23)16(15)21-18(24)20-13-6-2-1-3-7-13/h1-11,22-23H,(H2,20,21,24). The molecule has 0 fully saturated rings. The Labute approximate surface area is 138 Å². The number of urea groups is 1. The summed E-state index contributed by atoms with van der Waals surface area (Å²) in [5.41, 5.74) is 1.65. The van der Waals surface area contributed by atoms with Crippen LogP contribution in [0.3, 0.4) is 0 Å². The van der Waals surface area contributed by atoms with E-state index in [2.05, 4.69) is 15.6 Å². The zero-order valence-corrected chi connectivity index (χ0v) is 12.6. The van der Waals surface area contributed by atoms with Crippen LogP contribution >= 0.6 is 0 Å². The van der Waals surface area contributed by atoms with Gasteiger partial charge in [0.15, 0.2) is 5.75 Å². The Morgan fingerprint density at radius 1 is 0.917 bits per heavy atom. The lowest BCUT2D eigenvalue weighted by Crippen LogP contribution is -2.19. The molecule has 2 aromatic carbocycles. The van der Waals surface area contributed by atoms with E-state index >= 15 is 0 Å². The van der Waals surface area contributed by atoms with Crippen LogP contribution < -0.4 is 10.6 Å². The summed E-state index contributed by atoms with van der Waals surface area (Å²) >= 11 is 0. The van der Waals surface area contributed by atoms with E-state index in [9.17, 15) is 15.0 Å². The lowest BCUT2D eigenvalue weighted by atomic mass is 10.1. The smallest absolute Gasteiger partial charge is 0.323 e. The molecule has 0 spiro atoms. The summed E-state index contributed by atoms with van der Waals surface area (Å²) in [5, 5.41) is 25.5. The van der Waals surface area contributed by atoms with Gasteiger partial charge in [0, 0.05) is 29.2 Å². The Hall–Kier alpha value is -3.54. The van der Waals surface area contributed by atoms with Crippen LogP contribution in [0.5, 0.6) is 11.5 Å². The third-order valence-corrected chi connectivity index (χ3v) is 3.40. The van der Waals surface area contributed by atoms with Gasteiger partial charge < -0.3 is 20.8 Å². The van der Waals surface area contributed by atoms with Gasteiger partial charge in [0.1, 0.15) is 11.4 Å². The number of phenols is 2. The maximum Gasteiger partial charge on any atom is 0.323 e. The molecule has 0 atom stereocenters. The maximum atomic E-state index is 12.1. The molecular weight excluding hydrogens is 306 g/mol. The fraction of sp³-hybridized carbons (Fsp3) is 0. The van der Waals surface area contributed by atoms with Crippen LogP contribution in [0, 0.1) is 0 Å². The van der Waals surface area contributed by atoms with E-state index in [0.29, 0.717) is 16.8 Å². The highest BCUT2D eigenvalue weighted by Gasteiger charge is 2.16. The summed E-state index contributed by atoms with van der Waals surface area (Å²) in [6.07, 6.45) is 3.20. The first-order chi connectivity index (χ1) is 11.6. The highest BCUT2D eigenvalue weighted by Crippen LogP contribution is 2.41. The number of hydrogen-bond acceptors (Lipinski definition) is 4. The molecule has 4 N–H and O–H groups in total. The van der Waals surface area contributed by atoms with Gasteiger partial charge in [0.05, 0.1) is 0 Å². The molecule has 2 amide bonds. The molecule has 1 aromatic heterocycles. The van der Waals surface area contributed by atoms with Crippen LogP contribution in [0.25, 0.3) is 11.1 Å². The Balaban J connectivity index is 1.86. The summed E-state index contributed by atoms with van der Waals surface area (Å²) < 4.78 is 0. The highest BCUT2D eigenvalue weighted by atomic mass is 16.3. The summed E-state index contributed by atoms with van der Waals surface area (Å²) in [4.78, 5) is 16.1. The molecule has 0 saturated heterocycles. The van der Waals surface area contributed by atoms with Crippen LogP contribution in [0.2, 0.25) is 0 Å². The second-order valence-electron chi connectivity index (χ2n) is 5.04. The minimum atomic E-state index is -0.574. The van der Waals surface area contributed by atoms with E-state index in [1.165, 1.54) is 6.07 Å². The number of aromatic hydroxyl groups is 2. The van der Waals surface area contributed by atoms with E-state index in [1.807, 2.05) is 6.07 Å². The summed E-state index contributed by atoms with van der Waals surface area (Å²) in [6, 6.07) is 14.7.